The van der Waals surface area contributed by atoms with Crippen LogP contribution < -0.4 is 10.6 Å². The van der Waals surface area contributed by atoms with Gasteiger partial charge >= 0.3 is 0 Å². The molecule has 0 aliphatic carbocycles. The normalized spacial score (nSPS) is 18.0. The summed E-state index contributed by atoms with van der Waals surface area (Å²) in [6, 6.07) is 19.9. The van der Waals surface area contributed by atoms with Crippen molar-refractivity contribution in [2.45, 2.75) is 12.2 Å². The van der Waals surface area contributed by atoms with Crippen LogP contribution in [0.3, 0.4) is 0 Å². The second-order valence-electron chi connectivity index (χ2n) is 10.1. The highest BCUT2D eigenvalue weighted by Gasteiger charge is 2.45. The number of amides is 2. The van der Waals surface area contributed by atoms with Crippen molar-refractivity contribution in [3.05, 3.63) is 108 Å². The van der Waals surface area contributed by atoms with Crippen molar-refractivity contribution in [2.24, 2.45) is 0 Å². The largest absolute Gasteiger partial charge is 0.367 e. The van der Waals surface area contributed by atoms with Crippen molar-refractivity contribution < 1.29 is 9.59 Å². The lowest BCUT2D eigenvalue weighted by molar-refractivity contribution is -0.140. The minimum absolute atomic E-state index is 0.317. The van der Waals surface area contributed by atoms with E-state index in [0.717, 1.165) is 22.2 Å². The number of rotatable bonds is 6. The molecule has 214 valence electrons. The lowest BCUT2D eigenvalue weighted by Gasteiger charge is -2.45. The van der Waals surface area contributed by atoms with Gasteiger partial charge in [-0.1, -0.05) is 41.9 Å². The van der Waals surface area contributed by atoms with Gasteiger partial charge in [0, 0.05) is 47.0 Å². The number of nitrogens with one attached hydrogen (secondary N) is 3. The molecular weight excluding hydrogens is 568 g/mol. The Morgan fingerprint density at radius 3 is 2.77 bits per heavy atom. The molecule has 1 saturated heterocycles. The standard InChI is InChI=1S/C30H25ClN10O2/c31-22-8-10-25(41-18-34-37-38-41)20(14-22)7-11-27(42)40-13-12-39-26(19-4-2-1-3-5-19)17-32-29(39)28(40)30(43)35-23-9-6-21-16-33-36-24(21)15-23/h1-11,14-18,28-29,32H,12-13H2,(H,33,36)(H,35,43)/b11-7+. The number of nitrogens with zero attached hydrogens (tertiary/aromatic N) is 7. The number of aromatic nitrogens is 6. The van der Waals surface area contributed by atoms with Crippen LogP contribution in [-0.2, 0) is 9.59 Å². The minimum atomic E-state index is -0.848. The van der Waals surface area contributed by atoms with Gasteiger partial charge in [0.25, 0.3) is 5.91 Å². The van der Waals surface area contributed by atoms with Gasteiger partial charge < -0.3 is 20.4 Å². The third-order valence-corrected chi connectivity index (χ3v) is 7.81. The Hall–Kier alpha value is -5.49. The first-order valence-corrected chi connectivity index (χ1v) is 14.0. The van der Waals surface area contributed by atoms with Gasteiger partial charge in [0.2, 0.25) is 5.91 Å². The summed E-state index contributed by atoms with van der Waals surface area (Å²) in [6.07, 6.45) is 7.73. The average Bonchev–Trinajstić information content (AvgIpc) is 3.81. The number of piperazine rings is 1. The Labute approximate surface area is 250 Å². The second-order valence-corrected chi connectivity index (χ2v) is 10.6. The van der Waals surface area contributed by atoms with Crippen molar-refractivity contribution in [1.29, 1.82) is 0 Å². The quantitative estimate of drug-likeness (QED) is 0.256. The summed E-state index contributed by atoms with van der Waals surface area (Å²) in [4.78, 5) is 31.5. The summed E-state index contributed by atoms with van der Waals surface area (Å²) in [5.74, 6) is -0.635. The van der Waals surface area contributed by atoms with E-state index in [1.807, 2.05) is 54.7 Å². The average molecular weight is 593 g/mol. The molecule has 2 atom stereocenters. The highest BCUT2D eigenvalue weighted by molar-refractivity contribution is 6.30. The van der Waals surface area contributed by atoms with Gasteiger partial charge in [-0.15, -0.1) is 5.10 Å². The molecule has 2 aliphatic heterocycles. The fraction of sp³-hybridized carbons (Fsp3) is 0.133. The van der Waals surface area contributed by atoms with Crippen LogP contribution in [0.2, 0.25) is 5.02 Å². The molecule has 4 heterocycles. The smallest absolute Gasteiger partial charge is 0.251 e. The van der Waals surface area contributed by atoms with Crippen LogP contribution in [0.5, 0.6) is 0 Å². The number of hydrogen-bond donors (Lipinski definition) is 3. The number of aromatic amines is 1. The zero-order valence-electron chi connectivity index (χ0n) is 22.6. The van der Waals surface area contributed by atoms with Crippen LogP contribution in [0, 0.1) is 0 Å². The van der Waals surface area contributed by atoms with E-state index in [-0.39, 0.29) is 11.8 Å². The van der Waals surface area contributed by atoms with E-state index in [4.69, 9.17) is 11.6 Å². The Kier molecular flexibility index (Phi) is 6.79. The Morgan fingerprint density at radius 1 is 1.05 bits per heavy atom. The number of tetrazole rings is 1. The molecule has 7 rings (SSSR count). The zero-order valence-corrected chi connectivity index (χ0v) is 23.4. The summed E-state index contributed by atoms with van der Waals surface area (Å²) < 4.78 is 1.49. The number of carbonyl (C=O) groups is 2. The van der Waals surface area contributed by atoms with Crippen LogP contribution in [0.1, 0.15) is 11.1 Å². The van der Waals surface area contributed by atoms with Crippen molar-refractivity contribution in [3.63, 3.8) is 0 Å². The summed E-state index contributed by atoms with van der Waals surface area (Å²) in [5, 5.41) is 26.2. The van der Waals surface area contributed by atoms with E-state index in [2.05, 4.69) is 41.3 Å². The van der Waals surface area contributed by atoms with E-state index in [1.54, 1.807) is 35.4 Å². The zero-order chi connectivity index (χ0) is 29.3. The maximum Gasteiger partial charge on any atom is 0.251 e. The Bertz CT molecular complexity index is 1870. The van der Waals surface area contributed by atoms with Gasteiger partial charge in [0.15, 0.2) is 0 Å². The van der Waals surface area contributed by atoms with E-state index in [0.29, 0.717) is 35.1 Å². The van der Waals surface area contributed by atoms with E-state index in [1.165, 1.54) is 17.1 Å². The van der Waals surface area contributed by atoms with Gasteiger partial charge in [-0.3, -0.25) is 14.7 Å². The highest BCUT2D eigenvalue weighted by Crippen LogP contribution is 2.31. The molecule has 2 aromatic heterocycles. The van der Waals surface area contributed by atoms with Crippen LogP contribution in [0.4, 0.5) is 5.69 Å². The Balaban J connectivity index is 1.19. The lowest BCUT2D eigenvalue weighted by atomic mass is 10.0. The maximum absolute atomic E-state index is 14.0. The fourth-order valence-electron chi connectivity index (χ4n) is 5.55. The molecule has 0 spiro atoms. The summed E-state index contributed by atoms with van der Waals surface area (Å²) in [5.41, 5.74) is 4.69. The molecule has 2 aliphatic rings. The van der Waals surface area contributed by atoms with Crippen LogP contribution in [0.15, 0.2) is 91.5 Å². The van der Waals surface area contributed by atoms with Gasteiger partial charge in [-0.05, 0) is 58.5 Å². The van der Waals surface area contributed by atoms with Gasteiger partial charge in [-0.25, -0.2) is 0 Å². The highest BCUT2D eigenvalue weighted by atomic mass is 35.5. The first kappa shape index (κ1) is 26.4. The molecule has 0 bridgehead atoms. The predicted molar refractivity (Wildman–Crippen MR) is 161 cm³/mol. The maximum atomic E-state index is 14.0. The second kappa shape index (κ2) is 11.1. The molecule has 0 radical (unpaired) electrons. The number of fused-ring (bicyclic) bond motifs is 2. The van der Waals surface area contributed by atoms with Crippen molar-refractivity contribution >= 4 is 51.8 Å². The van der Waals surface area contributed by atoms with Crippen molar-refractivity contribution in [3.8, 4) is 5.69 Å². The van der Waals surface area contributed by atoms with Gasteiger partial charge in [0.1, 0.15) is 18.5 Å². The molecule has 12 nitrogen and oxygen atoms in total. The number of halogens is 1. The molecule has 0 saturated carbocycles. The molecular formula is C30H25ClN10O2. The predicted octanol–water partition coefficient (Wildman–Crippen LogP) is 3.28. The summed E-state index contributed by atoms with van der Waals surface area (Å²) in [6.45, 7) is 0.869. The van der Waals surface area contributed by atoms with E-state index in [9.17, 15) is 9.59 Å². The van der Waals surface area contributed by atoms with Gasteiger partial charge in [0.05, 0.1) is 23.1 Å². The third kappa shape index (κ3) is 5.08. The fourth-order valence-corrected chi connectivity index (χ4v) is 5.73. The van der Waals surface area contributed by atoms with E-state index >= 15 is 0 Å². The lowest BCUT2D eigenvalue weighted by Crippen LogP contribution is -2.65. The van der Waals surface area contributed by atoms with Crippen molar-refractivity contribution in [1.82, 2.24) is 45.5 Å². The summed E-state index contributed by atoms with van der Waals surface area (Å²) >= 11 is 6.27. The first-order valence-electron chi connectivity index (χ1n) is 13.6. The SMILES string of the molecule is O=C(Nc1ccc2cn[nH]c2c1)C1C2NC=C(c3ccccc3)N2CCN1C(=O)/C=C/c1cc(Cl)ccc1-n1cnnn1. The molecule has 13 heteroatoms. The molecule has 5 aromatic rings. The van der Waals surface area contributed by atoms with Crippen molar-refractivity contribution in [2.75, 3.05) is 18.4 Å². The number of H-pyrrole nitrogens is 1. The van der Waals surface area contributed by atoms with Gasteiger partial charge in [-0.2, -0.15) is 9.78 Å². The number of hydrogen-bond acceptors (Lipinski definition) is 8. The van der Waals surface area contributed by atoms with Crippen LogP contribution in [-0.4, -0.2) is 77.3 Å². The molecule has 2 amide bonds. The molecule has 2 unspecified atom stereocenters. The number of anilines is 1. The van der Waals surface area contributed by atoms with Crippen LogP contribution in [0.25, 0.3) is 28.4 Å². The monoisotopic (exact) mass is 592 g/mol. The third-order valence-electron chi connectivity index (χ3n) is 7.57. The molecule has 3 aromatic carbocycles. The molecule has 43 heavy (non-hydrogen) atoms. The Morgan fingerprint density at radius 2 is 1.93 bits per heavy atom. The topological polar surface area (TPSA) is 137 Å². The first-order chi connectivity index (χ1) is 21.0. The number of benzene rings is 3. The number of carbonyl (C=O) groups excluding carboxylic acids is 2. The molecule has 3 N–H and O–H groups in total. The molecule has 1 fully saturated rings. The van der Waals surface area contributed by atoms with E-state index < -0.39 is 12.2 Å². The summed E-state index contributed by atoms with van der Waals surface area (Å²) in [7, 11) is 0. The minimum Gasteiger partial charge on any atom is -0.367 e. The van der Waals surface area contributed by atoms with Crippen LogP contribution >= 0.6 is 11.6 Å².